The molecule has 0 saturated heterocycles. The summed E-state index contributed by atoms with van der Waals surface area (Å²) < 4.78 is 29.9. The van der Waals surface area contributed by atoms with E-state index in [1.54, 1.807) is 36.5 Å². The first-order valence-corrected chi connectivity index (χ1v) is 13.4. The van der Waals surface area contributed by atoms with Crippen LogP contribution in [0.4, 0.5) is 5.69 Å². The van der Waals surface area contributed by atoms with Crippen molar-refractivity contribution < 1.29 is 13.2 Å². The number of nitrogens with one attached hydrogen (secondary N) is 1. The van der Waals surface area contributed by atoms with E-state index in [0.717, 1.165) is 32.5 Å². The fraction of sp³-hybridized carbons (Fsp3) is 0.143. The molecular weight excluding hydrogens is 508 g/mol. The zero-order valence-corrected chi connectivity index (χ0v) is 22.3. The Kier molecular flexibility index (Phi) is 7.80. The lowest BCUT2D eigenvalue weighted by Gasteiger charge is -2.23. The lowest BCUT2D eigenvalue weighted by molar-refractivity contribution is -0.119. The van der Waals surface area contributed by atoms with E-state index >= 15 is 0 Å². The average molecular weight is 535 g/mol. The highest BCUT2D eigenvalue weighted by Crippen LogP contribution is 2.24. The molecule has 0 radical (unpaired) electrons. The quantitative estimate of drug-likeness (QED) is 0.242. The normalized spacial score (nSPS) is 11.6. The average Bonchev–Trinajstić information content (AvgIpc) is 3.16. The Morgan fingerprint density at radius 3 is 2.35 bits per heavy atom. The Labute approximate surface area is 222 Å². The van der Waals surface area contributed by atoms with Gasteiger partial charge in [0.05, 0.1) is 16.8 Å². The molecule has 1 heterocycles. The number of carbonyl (C=O) groups excluding carboxylic acids is 1. The topological polar surface area (TPSA) is 83.8 Å². The highest BCUT2D eigenvalue weighted by atomic mass is 35.5. The molecule has 7 nitrogen and oxygen atoms in total. The lowest BCUT2D eigenvalue weighted by Crippen LogP contribution is -2.39. The summed E-state index contributed by atoms with van der Waals surface area (Å²) in [5.41, 5.74) is 7.86. The van der Waals surface area contributed by atoms with Crippen LogP contribution in [0.1, 0.15) is 22.5 Å². The molecule has 0 saturated carbocycles. The van der Waals surface area contributed by atoms with E-state index in [9.17, 15) is 13.2 Å². The maximum absolute atomic E-state index is 13.4. The Morgan fingerprint density at radius 2 is 1.68 bits per heavy atom. The Balaban J connectivity index is 1.53. The molecule has 1 N–H and O–H groups in total. The number of carbonyl (C=O) groups is 1. The SMILES string of the molecule is Cc1cccc(-n2c(C)cc(/C=N\NC(=O)CN(c3ccccc3)S(=O)(=O)c3ccc(Cl)cc3)c2C)c1. The molecule has 37 heavy (non-hydrogen) atoms. The predicted molar refractivity (Wildman–Crippen MR) is 148 cm³/mol. The molecule has 0 aliphatic carbocycles. The van der Waals surface area contributed by atoms with Crippen molar-refractivity contribution in [2.75, 3.05) is 10.8 Å². The number of hydrogen-bond acceptors (Lipinski definition) is 4. The zero-order chi connectivity index (χ0) is 26.6. The molecule has 1 amide bonds. The number of nitrogens with zero attached hydrogens (tertiary/aromatic N) is 3. The van der Waals surface area contributed by atoms with Crippen molar-refractivity contribution >= 4 is 39.4 Å². The third-order valence-electron chi connectivity index (χ3n) is 5.86. The van der Waals surface area contributed by atoms with Gasteiger partial charge in [0.15, 0.2) is 0 Å². The van der Waals surface area contributed by atoms with Crippen LogP contribution < -0.4 is 9.73 Å². The summed E-state index contributed by atoms with van der Waals surface area (Å²) in [7, 11) is -4.03. The van der Waals surface area contributed by atoms with Gasteiger partial charge < -0.3 is 4.57 Å². The smallest absolute Gasteiger partial charge is 0.264 e. The molecule has 0 unspecified atom stereocenters. The molecule has 190 valence electrons. The third-order valence-corrected chi connectivity index (χ3v) is 7.90. The predicted octanol–water partition coefficient (Wildman–Crippen LogP) is 5.40. The number of para-hydroxylation sites is 1. The van der Waals surface area contributed by atoms with Crippen LogP contribution in [0, 0.1) is 20.8 Å². The van der Waals surface area contributed by atoms with Gasteiger partial charge in [0, 0.05) is 27.7 Å². The summed E-state index contributed by atoms with van der Waals surface area (Å²) in [5, 5.41) is 4.52. The Hall–Kier alpha value is -3.88. The minimum absolute atomic E-state index is 0.0284. The van der Waals surface area contributed by atoms with Gasteiger partial charge >= 0.3 is 0 Å². The monoisotopic (exact) mass is 534 g/mol. The third kappa shape index (κ3) is 5.93. The number of hydrogen-bond donors (Lipinski definition) is 1. The molecule has 4 rings (SSSR count). The summed E-state index contributed by atoms with van der Waals surface area (Å²) in [5.74, 6) is -0.579. The van der Waals surface area contributed by atoms with Crippen molar-refractivity contribution in [1.29, 1.82) is 0 Å². The van der Waals surface area contributed by atoms with Gasteiger partial charge in [-0.2, -0.15) is 5.10 Å². The number of aromatic nitrogens is 1. The molecule has 0 spiro atoms. The van der Waals surface area contributed by atoms with Crippen LogP contribution in [0.3, 0.4) is 0 Å². The second-order valence-electron chi connectivity index (χ2n) is 8.60. The summed E-state index contributed by atoms with van der Waals surface area (Å²) in [6.45, 7) is 5.58. The number of aryl methyl sites for hydroxylation is 2. The Bertz CT molecular complexity index is 1550. The van der Waals surface area contributed by atoms with Crippen molar-refractivity contribution in [1.82, 2.24) is 9.99 Å². The first-order valence-electron chi connectivity index (χ1n) is 11.6. The zero-order valence-electron chi connectivity index (χ0n) is 20.7. The molecule has 4 aromatic rings. The van der Waals surface area contributed by atoms with Crippen molar-refractivity contribution in [3.05, 3.63) is 112 Å². The van der Waals surface area contributed by atoms with E-state index in [1.807, 2.05) is 45.0 Å². The standard InChI is InChI=1S/C28H27ClN4O3S/c1-20-8-7-11-26(16-20)33-21(2)17-23(22(33)3)18-30-31-28(34)19-32(25-9-5-4-6-10-25)37(35,36)27-14-12-24(29)13-15-27/h4-18H,19H2,1-3H3,(H,31,34)/b30-18-. The van der Waals surface area contributed by atoms with Crippen LogP contribution >= 0.6 is 11.6 Å². The number of amides is 1. The number of hydrazone groups is 1. The van der Waals surface area contributed by atoms with Gasteiger partial charge in [0.25, 0.3) is 15.9 Å². The lowest BCUT2D eigenvalue weighted by atomic mass is 10.2. The van der Waals surface area contributed by atoms with Gasteiger partial charge in [0.1, 0.15) is 6.54 Å². The van der Waals surface area contributed by atoms with Gasteiger partial charge in [-0.15, -0.1) is 0 Å². The van der Waals surface area contributed by atoms with Gasteiger partial charge in [-0.25, -0.2) is 13.8 Å². The first-order chi connectivity index (χ1) is 17.7. The van der Waals surface area contributed by atoms with Crippen molar-refractivity contribution in [3.8, 4) is 5.69 Å². The minimum atomic E-state index is -4.03. The minimum Gasteiger partial charge on any atom is -0.318 e. The maximum atomic E-state index is 13.4. The van der Waals surface area contributed by atoms with E-state index < -0.39 is 22.5 Å². The summed E-state index contributed by atoms with van der Waals surface area (Å²) in [6, 6.07) is 24.4. The van der Waals surface area contributed by atoms with Crippen LogP contribution in [0.5, 0.6) is 0 Å². The second-order valence-corrected chi connectivity index (χ2v) is 10.9. The summed E-state index contributed by atoms with van der Waals surface area (Å²) in [4.78, 5) is 12.8. The van der Waals surface area contributed by atoms with E-state index in [0.29, 0.717) is 10.7 Å². The highest BCUT2D eigenvalue weighted by molar-refractivity contribution is 7.92. The van der Waals surface area contributed by atoms with Crippen molar-refractivity contribution in [3.63, 3.8) is 0 Å². The van der Waals surface area contributed by atoms with Crippen LogP contribution in [-0.2, 0) is 14.8 Å². The van der Waals surface area contributed by atoms with Crippen LogP contribution in [0.15, 0.2) is 94.9 Å². The maximum Gasteiger partial charge on any atom is 0.264 e. The molecule has 1 aromatic heterocycles. The molecule has 0 aliphatic heterocycles. The Morgan fingerprint density at radius 1 is 0.973 bits per heavy atom. The molecule has 0 atom stereocenters. The highest BCUT2D eigenvalue weighted by Gasteiger charge is 2.27. The fourth-order valence-electron chi connectivity index (χ4n) is 4.07. The largest absolute Gasteiger partial charge is 0.318 e. The number of benzene rings is 3. The van der Waals surface area contributed by atoms with Gasteiger partial charge in [-0.05, 0) is 80.9 Å². The summed E-state index contributed by atoms with van der Waals surface area (Å²) >= 11 is 5.92. The molecule has 9 heteroatoms. The fourth-order valence-corrected chi connectivity index (χ4v) is 5.61. The van der Waals surface area contributed by atoms with Crippen molar-refractivity contribution in [2.24, 2.45) is 5.10 Å². The van der Waals surface area contributed by atoms with Crippen LogP contribution in [-0.4, -0.2) is 31.7 Å². The number of sulfonamides is 1. The number of rotatable bonds is 8. The number of halogens is 1. The first kappa shape index (κ1) is 26.2. The number of anilines is 1. The van der Waals surface area contributed by atoms with Gasteiger partial charge in [0.2, 0.25) is 0 Å². The van der Waals surface area contributed by atoms with Crippen LogP contribution in [0.2, 0.25) is 5.02 Å². The van der Waals surface area contributed by atoms with E-state index in [4.69, 9.17) is 11.6 Å². The molecular formula is C28H27ClN4O3S. The second kappa shape index (κ2) is 11.0. The van der Waals surface area contributed by atoms with Crippen LogP contribution in [0.25, 0.3) is 5.69 Å². The summed E-state index contributed by atoms with van der Waals surface area (Å²) in [6.07, 6.45) is 1.56. The van der Waals surface area contributed by atoms with E-state index in [1.165, 1.54) is 24.3 Å². The van der Waals surface area contributed by atoms with E-state index in [2.05, 4.69) is 21.2 Å². The molecule has 0 fully saturated rings. The van der Waals surface area contributed by atoms with E-state index in [-0.39, 0.29) is 4.90 Å². The molecule has 3 aromatic carbocycles. The molecule has 0 bridgehead atoms. The van der Waals surface area contributed by atoms with Gasteiger partial charge in [-0.1, -0.05) is 41.9 Å². The van der Waals surface area contributed by atoms with Crippen molar-refractivity contribution in [2.45, 2.75) is 25.7 Å². The van der Waals surface area contributed by atoms with Gasteiger partial charge in [-0.3, -0.25) is 9.10 Å². The molecule has 0 aliphatic rings.